The molecule has 12 heteroatoms. The Morgan fingerprint density at radius 3 is 2.44 bits per heavy atom. The number of nitrogens with zero attached hydrogens (tertiary/aromatic N) is 6. The molecule has 1 atom stereocenters. The first-order valence-electron chi connectivity index (χ1n) is 15.1. The van der Waals surface area contributed by atoms with Gasteiger partial charge in [-0.2, -0.15) is 0 Å². The lowest BCUT2D eigenvalue weighted by Gasteiger charge is -2.41. The van der Waals surface area contributed by atoms with Crippen LogP contribution in [0.5, 0.6) is 5.75 Å². The number of methoxy groups -OCH3 is 1. The smallest absolute Gasteiger partial charge is 0.257 e. The van der Waals surface area contributed by atoms with E-state index >= 15 is 0 Å². The lowest BCUT2D eigenvalue weighted by molar-refractivity contribution is -0.137. The molecule has 2 saturated heterocycles. The predicted octanol–water partition coefficient (Wildman–Crippen LogP) is 4.04. The molecule has 0 radical (unpaired) electrons. The van der Waals surface area contributed by atoms with Gasteiger partial charge in [0.15, 0.2) is 0 Å². The van der Waals surface area contributed by atoms with Crippen LogP contribution in [0.1, 0.15) is 47.2 Å². The minimum atomic E-state index is -0.774. The van der Waals surface area contributed by atoms with E-state index in [1.807, 2.05) is 65.0 Å². The minimum absolute atomic E-state index is 0.119. The van der Waals surface area contributed by atoms with Gasteiger partial charge in [0.25, 0.3) is 11.8 Å². The van der Waals surface area contributed by atoms with Crippen molar-refractivity contribution in [1.29, 1.82) is 0 Å². The van der Waals surface area contributed by atoms with E-state index in [1.165, 1.54) is 11.0 Å². The monoisotopic (exact) mass is 629 g/mol. The fraction of sp³-hybridized carbons (Fsp3) is 0.364. The Kier molecular flexibility index (Phi) is 8.84. The van der Waals surface area contributed by atoms with Crippen molar-refractivity contribution in [3.8, 4) is 11.4 Å². The van der Waals surface area contributed by atoms with Crippen molar-refractivity contribution in [1.82, 2.24) is 35.5 Å². The number of hydrogen-bond acceptors (Lipinski definition) is 8. The maximum Gasteiger partial charge on any atom is 0.257 e. The number of ether oxygens (including phenoxy) is 1. The number of halogens is 1. The summed E-state index contributed by atoms with van der Waals surface area (Å²) in [6.07, 6.45) is 4.26. The van der Waals surface area contributed by atoms with Crippen LogP contribution in [0.15, 0.2) is 79.1 Å². The van der Waals surface area contributed by atoms with Crippen molar-refractivity contribution in [3.63, 3.8) is 0 Å². The van der Waals surface area contributed by atoms with Crippen molar-refractivity contribution in [2.75, 3.05) is 39.8 Å². The molecule has 0 saturated carbocycles. The summed E-state index contributed by atoms with van der Waals surface area (Å²) < 4.78 is 7.08. The van der Waals surface area contributed by atoms with Crippen LogP contribution >= 0.6 is 11.6 Å². The van der Waals surface area contributed by atoms with Gasteiger partial charge in [-0.25, -0.2) is 10.2 Å². The number of rotatable bonds is 9. The summed E-state index contributed by atoms with van der Waals surface area (Å²) in [7, 11) is 1.55. The van der Waals surface area contributed by atoms with Crippen LogP contribution in [0.3, 0.4) is 0 Å². The second-order valence-electron chi connectivity index (χ2n) is 11.9. The maximum atomic E-state index is 14.0. The number of nitrogens with one attached hydrogen (secondary N) is 1. The molecule has 2 N–H and O–H groups in total. The molecule has 6 rings (SSSR count). The molecule has 2 aliphatic rings. The van der Waals surface area contributed by atoms with Gasteiger partial charge >= 0.3 is 0 Å². The van der Waals surface area contributed by atoms with E-state index in [0.717, 1.165) is 30.5 Å². The number of carbonyl (C=O) groups is 2. The molecule has 234 valence electrons. The van der Waals surface area contributed by atoms with E-state index in [4.69, 9.17) is 16.3 Å². The molecule has 45 heavy (non-hydrogen) atoms. The third-order valence-corrected chi connectivity index (χ3v) is 9.82. The molecule has 2 aliphatic heterocycles. The Morgan fingerprint density at radius 1 is 0.978 bits per heavy atom. The first-order valence-corrected chi connectivity index (χ1v) is 15.4. The molecule has 1 aromatic heterocycles. The average molecular weight is 630 g/mol. The normalized spacial score (nSPS) is 19.8. The molecular weight excluding hydrogens is 594 g/mol. The highest BCUT2D eigenvalue weighted by molar-refractivity contribution is 6.30. The Balaban J connectivity index is 1.21. The Hall–Kier alpha value is -4.32. The van der Waals surface area contributed by atoms with E-state index in [1.54, 1.807) is 19.2 Å². The number of likely N-dealkylation sites (tertiary alicyclic amines) is 2. The fourth-order valence-corrected chi connectivity index (χ4v) is 7.14. The zero-order chi connectivity index (χ0) is 31.4. The Morgan fingerprint density at radius 2 is 1.76 bits per heavy atom. The summed E-state index contributed by atoms with van der Waals surface area (Å²) in [4.78, 5) is 31.2. The van der Waals surface area contributed by atoms with E-state index in [9.17, 15) is 14.8 Å². The number of amides is 2. The average Bonchev–Trinajstić information content (AvgIpc) is 3.79. The lowest BCUT2D eigenvalue weighted by Crippen LogP contribution is -2.51. The van der Waals surface area contributed by atoms with Crippen LogP contribution < -0.4 is 10.2 Å². The van der Waals surface area contributed by atoms with Crippen LogP contribution in [0.25, 0.3) is 5.69 Å². The zero-order valence-electron chi connectivity index (χ0n) is 25.1. The van der Waals surface area contributed by atoms with E-state index in [0.29, 0.717) is 61.0 Å². The highest BCUT2D eigenvalue weighted by Gasteiger charge is 2.45. The largest absolute Gasteiger partial charge is 0.496 e. The highest BCUT2D eigenvalue weighted by Crippen LogP contribution is 2.41. The summed E-state index contributed by atoms with van der Waals surface area (Å²) in [5, 5.41) is 21.6. The van der Waals surface area contributed by atoms with Gasteiger partial charge in [-0.15, -0.1) is 5.10 Å². The summed E-state index contributed by atoms with van der Waals surface area (Å²) in [6.45, 7) is 3.31. The molecule has 0 aliphatic carbocycles. The first-order chi connectivity index (χ1) is 21.9. The zero-order valence-corrected chi connectivity index (χ0v) is 25.9. The lowest BCUT2D eigenvalue weighted by atomic mass is 9.71. The third kappa shape index (κ3) is 6.03. The number of piperidine rings is 1. The van der Waals surface area contributed by atoms with Crippen molar-refractivity contribution in [2.24, 2.45) is 0 Å². The number of hydroxylamine groups is 1. The second-order valence-corrected chi connectivity index (χ2v) is 12.3. The minimum Gasteiger partial charge on any atom is -0.496 e. The summed E-state index contributed by atoms with van der Waals surface area (Å²) in [5.74, 6) is -0.00111. The molecule has 0 spiro atoms. The Bertz CT molecular complexity index is 1640. The van der Waals surface area contributed by atoms with Crippen LogP contribution in [0.4, 0.5) is 0 Å². The number of carbonyl (C=O) groups excluding carboxylic acids is 2. The molecule has 2 fully saturated rings. The summed E-state index contributed by atoms with van der Waals surface area (Å²) in [6, 6.07) is 22.9. The standard InChI is InChI=1S/C33H36ClN7O4/c1-45-29-11-10-27(41-23-35-37-38-41)21-28(29)30(42)40-19-13-32(22-40,25-8-5-9-26(34)20-25)12-16-39-17-14-33(15-18-39,31(43)36-44)24-6-3-2-4-7-24/h2-11,20-21,23,44H,12-19,22H2,1H3,(H,36,43). The first kappa shape index (κ1) is 30.7. The molecule has 4 aromatic rings. The summed E-state index contributed by atoms with van der Waals surface area (Å²) >= 11 is 6.48. The van der Waals surface area contributed by atoms with Gasteiger partial charge in [0.1, 0.15) is 12.1 Å². The molecule has 1 unspecified atom stereocenters. The van der Waals surface area contributed by atoms with E-state index in [-0.39, 0.29) is 17.2 Å². The summed E-state index contributed by atoms with van der Waals surface area (Å²) in [5.41, 5.74) is 3.97. The Labute approximate surface area is 266 Å². The van der Waals surface area contributed by atoms with Gasteiger partial charge in [-0.1, -0.05) is 54.1 Å². The second kappa shape index (κ2) is 13.0. The number of tetrazole rings is 1. The molecule has 0 bridgehead atoms. The highest BCUT2D eigenvalue weighted by atomic mass is 35.5. The quantitative estimate of drug-likeness (QED) is 0.210. The van der Waals surface area contributed by atoms with Crippen molar-refractivity contribution >= 4 is 23.4 Å². The van der Waals surface area contributed by atoms with Crippen molar-refractivity contribution in [3.05, 3.63) is 101 Å². The van der Waals surface area contributed by atoms with Gasteiger partial charge in [0, 0.05) is 23.5 Å². The van der Waals surface area contributed by atoms with Gasteiger partial charge < -0.3 is 14.5 Å². The molecule has 3 heterocycles. The third-order valence-electron chi connectivity index (χ3n) is 9.58. The molecule has 11 nitrogen and oxygen atoms in total. The van der Waals surface area contributed by atoms with E-state index in [2.05, 4.69) is 26.5 Å². The van der Waals surface area contributed by atoms with Crippen LogP contribution in [-0.2, 0) is 15.6 Å². The van der Waals surface area contributed by atoms with Crippen molar-refractivity contribution in [2.45, 2.75) is 36.5 Å². The van der Waals surface area contributed by atoms with Crippen LogP contribution in [0, 0.1) is 0 Å². The van der Waals surface area contributed by atoms with Crippen LogP contribution in [0.2, 0.25) is 5.02 Å². The van der Waals surface area contributed by atoms with E-state index < -0.39 is 5.41 Å². The number of aromatic nitrogens is 4. The van der Waals surface area contributed by atoms with Crippen molar-refractivity contribution < 1.29 is 19.5 Å². The maximum absolute atomic E-state index is 14.0. The number of hydrogen-bond donors (Lipinski definition) is 2. The van der Waals surface area contributed by atoms with Gasteiger partial charge in [-0.3, -0.25) is 14.8 Å². The topological polar surface area (TPSA) is 126 Å². The van der Waals surface area contributed by atoms with Crippen LogP contribution in [-0.4, -0.2) is 86.9 Å². The number of benzene rings is 3. The fourth-order valence-electron chi connectivity index (χ4n) is 6.95. The SMILES string of the molecule is COc1ccc(-n2cnnn2)cc1C(=O)N1CCC(CCN2CCC(C(=O)NO)(c3ccccc3)CC2)(c2cccc(Cl)c2)C1. The molecular formula is C33H36ClN7O4. The van der Waals surface area contributed by atoms with Gasteiger partial charge in [0.05, 0.1) is 23.8 Å². The van der Waals surface area contributed by atoms with Gasteiger partial charge in [-0.05, 0) is 97.2 Å². The predicted molar refractivity (Wildman–Crippen MR) is 168 cm³/mol. The van der Waals surface area contributed by atoms with Gasteiger partial charge in [0.2, 0.25) is 0 Å². The molecule has 3 aromatic carbocycles. The molecule has 2 amide bonds.